The third-order valence-corrected chi connectivity index (χ3v) is 3.48. The minimum absolute atomic E-state index is 0.234. The Bertz CT molecular complexity index is 638. The van der Waals surface area contributed by atoms with E-state index in [0.717, 1.165) is 5.69 Å². The molecule has 0 N–H and O–H groups in total. The molecule has 1 aromatic rings. The molecule has 1 fully saturated rings. The van der Waals surface area contributed by atoms with Crippen LogP contribution < -0.4 is 4.90 Å². The van der Waals surface area contributed by atoms with E-state index in [1.54, 1.807) is 17.0 Å². The minimum atomic E-state index is -0.514. The quantitative estimate of drug-likeness (QED) is 0.783. The van der Waals surface area contributed by atoms with Gasteiger partial charge in [0.2, 0.25) is 0 Å². The molecule has 7 heteroatoms. The van der Waals surface area contributed by atoms with E-state index >= 15 is 0 Å². The summed E-state index contributed by atoms with van der Waals surface area (Å²) in [6, 6.07) is 6.87. The van der Waals surface area contributed by atoms with Crippen LogP contribution in [0.2, 0.25) is 0 Å². The first-order chi connectivity index (χ1) is 10.8. The molecule has 0 unspecified atom stereocenters. The first kappa shape index (κ1) is 16.7. The monoisotopic (exact) mass is 316 g/mol. The number of hydrogen-bond donors (Lipinski definition) is 0. The van der Waals surface area contributed by atoms with Crippen molar-refractivity contribution < 1.29 is 9.53 Å². The van der Waals surface area contributed by atoms with Gasteiger partial charge in [0, 0.05) is 26.2 Å². The first-order valence-electron chi connectivity index (χ1n) is 7.44. The van der Waals surface area contributed by atoms with Gasteiger partial charge < -0.3 is 14.5 Å². The van der Waals surface area contributed by atoms with Crippen molar-refractivity contribution in [2.24, 2.45) is 5.18 Å². The third kappa shape index (κ3) is 4.19. The number of ether oxygens (including phenoxy) is 1. The predicted octanol–water partition coefficient (Wildman–Crippen LogP) is 3.01. The molecule has 0 spiro atoms. The minimum Gasteiger partial charge on any atom is -0.444 e. The van der Waals surface area contributed by atoms with Crippen molar-refractivity contribution >= 4 is 17.5 Å². The molecule has 1 aliphatic heterocycles. The molecule has 0 aliphatic carbocycles. The van der Waals surface area contributed by atoms with Crippen molar-refractivity contribution in [1.29, 1.82) is 5.26 Å². The van der Waals surface area contributed by atoms with E-state index in [4.69, 9.17) is 4.74 Å². The van der Waals surface area contributed by atoms with E-state index in [1.807, 2.05) is 25.7 Å². The molecule has 1 saturated heterocycles. The molecule has 1 aliphatic rings. The SMILES string of the molecule is CC(C)(C)OC(=O)N1CCN(c2ccc(N=O)cc2C#N)CC1. The van der Waals surface area contributed by atoms with Crippen molar-refractivity contribution in [3.63, 3.8) is 0 Å². The molecule has 1 aromatic carbocycles. The average molecular weight is 316 g/mol. The van der Waals surface area contributed by atoms with Gasteiger partial charge in [-0.3, -0.25) is 0 Å². The molecular weight excluding hydrogens is 296 g/mol. The van der Waals surface area contributed by atoms with E-state index in [-0.39, 0.29) is 11.8 Å². The van der Waals surface area contributed by atoms with Gasteiger partial charge in [-0.15, -0.1) is 4.91 Å². The Morgan fingerprint density at radius 3 is 2.43 bits per heavy atom. The van der Waals surface area contributed by atoms with Gasteiger partial charge in [-0.05, 0) is 44.1 Å². The molecule has 0 radical (unpaired) electrons. The van der Waals surface area contributed by atoms with E-state index in [1.165, 1.54) is 6.07 Å². The molecule has 0 aromatic heterocycles. The Morgan fingerprint density at radius 1 is 1.26 bits per heavy atom. The van der Waals surface area contributed by atoms with Gasteiger partial charge in [-0.1, -0.05) is 0 Å². The Balaban J connectivity index is 2.04. The van der Waals surface area contributed by atoms with Gasteiger partial charge in [0.15, 0.2) is 0 Å². The smallest absolute Gasteiger partial charge is 0.410 e. The molecule has 23 heavy (non-hydrogen) atoms. The molecule has 0 atom stereocenters. The molecular formula is C16H20N4O3. The van der Waals surface area contributed by atoms with Crippen molar-refractivity contribution in [2.45, 2.75) is 26.4 Å². The maximum absolute atomic E-state index is 12.0. The van der Waals surface area contributed by atoms with E-state index in [2.05, 4.69) is 11.2 Å². The fourth-order valence-corrected chi connectivity index (χ4v) is 2.40. The van der Waals surface area contributed by atoms with Gasteiger partial charge in [0.25, 0.3) is 0 Å². The van der Waals surface area contributed by atoms with Gasteiger partial charge >= 0.3 is 6.09 Å². The number of benzene rings is 1. The van der Waals surface area contributed by atoms with Crippen LogP contribution in [0.4, 0.5) is 16.2 Å². The summed E-state index contributed by atoms with van der Waals surface area (Å²) < 4.78 is 5.36. The van der Waals surface area contributed by atoms with Gasteiger partial charge in [0.1, 0.15) is 17.4 Å². The Hall–Kier alpha value is -2.62. The predicted molar refractivity (Wildman–Crippen MR) is 86.6 cm³/mol. The van der Waals surface area contributed by atoms with Gasteiger partial charge in [-0.25, -0.2) is 4.79 Å². The van der Waals surface area contributed by atoms with E-state index in [0.29, 0.717) is 31.7 Å². The van der Waals surface area contributed by atoms with E-state index < -0.39 is 5.60 Å². The van der Waals surface area contributed by atoms with Crippen molar-refractivity contribution in [3.8, 4) is 6.07 Å². The Kier molecular flexibility index (Phi) is 4.84. The number of nitrogens with zero attached hydrogens (tertiary/aromatic N) is 4. The maximum atomic E-state index is 12.0. The van der Waals surface area contributed by atoms with Crippen molar-refractivity contribution in [1.82, 2.24) is 4.90 Å². The lowest BCUT2D eigenvalue weighted by molar-refractivity contribution is 0.0240. The topological polar surface area (TPSA) is 86.0 Å². The fraction of sp³-hybridized carbons (Fsp3) is 0.500. The zero-order valence-electron chi connectivity index (χ0n) is 13.6. The van der Waals surface area contributed by atoms with Crippen LogP contribution in [0.1, 0.15) is 26.3 Å². The summed E-state index contributed by atoms with van der Waals surface area (Å²) in [7, 11) is 0. The van der Waals surface area contributed by atoms with Crippen LogP contribution in [0.5, 0.6) is 0 Å². The highest BCUT2D eigenvalue weighted by atomic mass is 16.6. The standard InChI is InChI=1S/C16H20N4O3/c1-16(2,3)23-15(21)20-8-6-19(7-9-20)14-5-4-13(18-22)10-12(14)11-17/h4-5,10H,6-9H2,1-3H3. The summed E-state index contributed by atoms with van der Waals surface area (Å²) in [6.07, 6.45) is -0.321. The van der Waals surface area contributed by atoms with Crippen molar-refractivity contribution in [2.75, 3.05) is 31.1 Å². The largest absolute Gasteiger partial charge is 0.444 e. The molecule has 7 nitrogen and oxygen atoms in total. The van der Waals surface area contributed by atoms with Gasteiger partial charge in [0.05, 0.1) is 11.3 Å². The second-order valence-electron chi connectivity index (χ2n) is 6.36. The summed E-state index contributed by atoms with van der Waals surface area (Å²) in [4.78, 5) is 26.3. The number of hydrogen-bond acceptors (Lipinski definition) is 6. The highest BCUT2D eigenvalue weighted by molar-refractivity contribution is 5.69. The Labute approximate surface area is 135 Å². The zero-order chi connectivity index (χ0) is 17.0. The lowest BCUT2D eigenvalue weighted by atomic mass is 10.1. The zero-order valence-corrected chi connectivity index (χ0v) is 13.6. The number of piperazine rings is 1. The third-order valence-electron chi connectivity index (χ3n) is 3.48. The fourth-order valence-electron chi connectivity index (χ4n) is 2.40. The molecule has 1 heterocycles. The molecule has 2 rings (SSSR count). The van der Waals surface area contributed by atoms with Crippen molar-refractivity contribution in [3.05, 3.63) is 28.7 Å². The molecule has 0 saturated carbocycles. The number of nitriles is 1. The Morgan fingerprint density at radius 2 is 1.91 bits per heavy atom. The lowest BCUT2D eigenvalue weighted by Gasteiger charge is -2.37. The molecule has 122 valence electrons. The normalized spacial score (nSPS) is 15.0. The summed E-state index contributed by atoms with van der Waals surface area (Å²) in [5.74, 6) is 0. The van der Waals surface area contributed by atoms with Crippen LogP contribution in [0, 0.1) is 16.2 Å². The van der Waals surface area contributed by atoms with E-state index in [9.17, 15) is 15.0 Å². The van der Waals surface area contributed by atoms with Crippen LogP contribution >= 0.6 is 0 Å². The average Bonchev–Trinajstić information content (AvgIpc) is 2.52. The summed E-state index contributed by atoms with van der Waals surface area (Å²) in [5, 5.41) is 12.1. The number of anilines is 1. The summed E-state index contributed by atoms with van der Waals surface area (Å²) in [6.45, 7) is 7.75. The number of carbonyl (C=O) groups excluding carboxylic acids is 1. The van der Waals surface area contributed by atoms with Crippen LogP contribution in [0.3, 0.4) is 0 Å². The molecule has 1 amide bonds. The van der Waals surface area contributed by atoms with Gasteiger partial charge in [-0.2, -0.15) is 5.26 Å². The van der Waals surface area contributed by atoms with Crippen LogP contribution in [-0.4, -0.2) is 42.8 Å². The summed E-state index contributed by atoms with van der Waals surface area (Å²) in [5.41, 5.74) is 0.883. The number of carbonyl (C=O) groups is 1. The second-order valence-corrected chi connectivity index (χ2v) is 6.36. The maximum Gasteiger partial charge on any atom is 0.410 e. The summed E-state index contributed by atoms with van der Waals surface area (Å²) >= 11 is 0. The van der Waals surface area contributed by atoms with Crippen LogP contribution in [-0.2, 0) is 4.74 Å². The highest BCUT2D eigenvalue weighted by Gasteiger charge is 2.26. The highest BCUT2D eigenvalue weighted by Crippen LogP contribution is 2.26. The number of rotatable bonds is 2. The lowest BCUT2D eigenvalue weighted by Crippen LogP contribution is -2.50. The number of nitroso groups, excluding NO2 is 1. The second kappa shape index (κ2) is 6.65. The van der Waals surface area contributed by atoms with Crippen LogP contribution in [0.25, 0.3) is 0 Å². The van der Waals surface area contributed by atoms with Crippen LogP contribution in [0.15, 0.2) is 23.4 Å². The molecule has 0 bridgehead atoms. The number of amides is 1. The first-order valence-corrected chi connectivity index (χ1v) is 7.44.